The van der Waals surface area contributed by atoms with Crippen LogP contribution in [0.1, 0.15) is 22.8 Å². The second-order valence-corrected chi connectivity index (χ2v) is 5.95. The molecule has 0 aromatic heterocycles. The number of para-hydroxylation sites is 1. The summed E-state index contributed by atoms with van der Waals surface area (Å²) in [6.45, 7) is 3.99. The van der Waals surface area contributed by atoms with Gasteiger partial charge in [-0.3, -0.25) is 9.59 Å². The third-order valence-corrected chi connectivity index (χ3v) is 4.05. The van der Waals surface area contributed by atoms with E-state index >= 15 is 0 Å². The van der Waals surface area contributed by atoms with Gasteiger partial charge >= 0.3 is 11.8 Å². The number of amides is 2. The lowest BCUT2D eigenvalue weighted by Crippen LogP contribution is -2.38. The van der Waals surface area contributed by atoms with Crippen molar-refractivity contribution in [2.24, 2.45) is 0 Å². The zero-order chi connectivity index (χ0) is 19.1. The van der Waals surface area contributed by atoms with Crippen LogP contribution in [0.15, 0.2) is 42.5 Å². The van der Waals surface area contributed by atoms with Crippen molar-refractivity contribution in [3.63, 3.8) is 0 Å². The summed E-state index contributed by atoms with van der Waals surface area (Å²) in [5.74, 6) is -0.776. The predicted molar refractivity (Wildman–Crippen MR) is 100 cm³/mol. The number of hydrogen-bond donors (Lipinski definition) is 2. The SMILES string of the molecule is COc1ccccc1C(CNC(=O)C(=O)Nc1ccc(C)cc1C)OC. The van der Waals surface area contributed by atoms with Gasteiger partial charge in [0.15, 0.2) is 0 Å². The van der Waals surface area contributed by atoms with E-state index in [-0.39, 0.29) is 6.54 Å². The molecule has 0 saturated heterocycles. The van der Waals surface area contributed by atoms with Crippen molar-refractivity contribution in [2.75, 3.05) is 26.1 Å². The number of rotatable bonds is 6. The number of ether oxygens (including phenoxy) is 2. The maximum Gasteiger partial charge on any atom is 0.313 e. The minimum absolute atomic E-state index is 0.149. The molecule has 1 unspecified atom stereocenters. The van der Waals surface area contributed by atoms with E-state index in [0.717, 1.165) is 16.7 Å². The third-order valence-electron chi connectivity index (χ3n) is 4.05. The number of aryl methyl sites for hydroxylation is 2. The van der Waals surface area contributed by atoms with E-state index in [2.05, 4.69) is 10.6 Å². The van der Waals surface area contributed by atoms with Crippen molar-refractivity contribution in [1.29, 1.82) is 0 Å². The molecule has 0 heterocycles. The highest BCUT2D eigenvalue weighted by Gasteiger charge is 2.19. The van der Waals surface area contributed by atoms with Crippen molar-refractivity contribution in [1.82, 2.24) is 5.32 Å². The second kappa shape index (κ2) is 9.01. The Kier molecular flexibility index (Phi) is 6.74. The molecule has 2 aromatic carbocycles. The summed E-state index contributed by atoms with van der Waals surface area (Å²) in [7, 11) is 3.11. The van der Waals surface area contributed by atoms with Crippen LogP contribution in [-0.4, -0.2) is 32.6 Å². The molecule has 0 saturated carbocycles. The van der Waals surface area contributed by atoms with E-state index in [9.17, 15) is 9.59 Å². The Morgan fingerprint density at radius 3 is 2.42 bits per heavy atom. The standard InChI is InChI=1S/C20H24N2O4/c1-13-9-10-16(14(2)11-13)22-20(24)19(23)21-12-18(26-4)15-7-5-6-8-17(15)25-3/h5-11,18H,12H2,1-4H3,(H,21,23)(H,22,24). The number of hydrogen-bond acceptors (Lipinski definition) is 4. The molecule has 0 spiro atoms. The van der Waals surface area contributed by atoms with E-state index in [1.807, 2.05) is 50.2 Å². The molecular formula is C20H24N2O4. The molecule has 0 fully saturated rings. The van der Waals surface area contributed by atoms with Crippen LogP contribution in [0.25, 0.3) is 0 Å². The molecule has 2 N–H and O–H groups in total. The van der Waals surface area contributed by atoms with E-state index in [1.165, 1.54) is 0 Å². The number of nitrogens with one attached hydrogen (secondary N) is 2. The minimum Gasteiger partial charge on any atom is -0.496 e. The normalized spacial score (nSPS) is 11.5. The minimum atomic E-state index is -0.720. The molecular weight excluding hydrogens is 332 g/mol. The number of benzene rings is 2. The fourth-order valence-corrected chi connectivity index (χ4v) is 2.65. The van der Waals surface area contributed by atoms with Crippen molar-refractivity contribution in [3.05, 3.63) is 59.2 Å². The first-order valence-corrected chi connectivity index (χ1v) is 8.28. The van der Waals surface area contributed by atoms with Gasteiger partial charge in [-0.25, -0.2) is 0 Å². The van der Waals surface area contributed by atoms with Gasteiger partial charge in [0.2, 0.25) is 0 Å². The lowest BCUT2D eigenvalue weighted by molar-refractivity contribution is -0.136. The summed E-state index contributed by atoms with van der Waals surface area (Å²) in [5, 5.41) is 5.23. The summed E-state index contributed by atoms with van der Waals surface area (Å²) in [6, 6.07) is 13.0. The molecule has 6 heteroatoms. The van der Waals surface area contributed by atoms with Crippen molar-refractivity contribution in [3.8, 4) is 5.75 Å². The number of methoxy groups -OCH3 is 2. The van der Waals surface area contributed by atoms with Crippen LogP contribution in [0.3, 0.4) is 0 Å². The first kappa shape index (κ1) is 19.5. The van der Waals surface area contributed by atoms with Crippen LogP contribution in [0.2, 0.25) is 0 Å². The smallest absolute Gasteiger partial charge is 0.313 e. The maximum atomic E-state index is 12.1. The van der Waals surface area contributed by atoms with Gasteiger partial charge in [-0.15, -0.1) is 0 Å². The lowest BCUT2D eigenvalue weighted by atomic mass is 10.1. The summed E-state index contributed by atoms with van der Waals surface area (Å²) < 4.78 is 10.7. The van der Waals surface area contributed by atoms with Crippen LogP contribution in [0.4, 0.5) is 5.69 Å². The topological polar surface area (TPSA) is 76.7 Å². The molecule has 2 aromatic rings. The molecule has 1 atom stereocenters. The molecule has 0 aliphatic carbocycles. The Hall–Kier alpha value is -2.86. The summed E-state index contributed by atoms with van der Waals surface area (Å²) >= 11 is 0. The molecule has 0 radical (unpaired) electrons. The first-order valence-electron chi connectivity index (χ1n) is 8.28. The average Bonchev–Trinajstić information content (AvgIpc) is 2.64. The van der Waals surface area contributed by atoms with Crippen LogP contribution in [0.5, 0.6) is 5.75 Å². The third kappa shape index (κ3) is 4.83. The Morgan fingerprint density at radius 2 is 1.77 bits per heavy atom. The Bertz CT molecular complexity index is 789. The van der Waals surface area contributed by atoms with E-state index in [4.69, 9.17) is 9.47 Å². The summed E-state index contributed by atoms with van der Waals surface area (Å²) in [4.78, 5) is 24.2. The van der Waals surface area contributed by atoms with Gasteiger partial charge < -0.3 is 20.1 Å². The summed E-state index contributed by atoms with van der Waals surface area (Å²) in [5.41, 5.74) is 3.40. The largest absolute Gasteiger partial charge is 0.496 e. The van der Waals surface area contributed by atoms with Gasteiger partial charge in [-0.1, -0.05) is 35.9 Å². The predicted octanol–water partition coefficient (Wildman–Crippen LogP) is 2.75. The molecule has 26 heavy (non-hydrogen) atoms. The van der Waals surface area contributed by atoms with Crippen molar-refractivity contribution < 1.29 is 19.1 Å². The van der Waals surface area contributed by atoms with Crippen LogP contribution >= 0.6 is 0 Å². The highest BCUT2D eigenvalue weighted by Crippen LogP contribution is 2.26. The van der Waals surface area contributed by atoms with Gasteiger partial charge in [0, 0.05) is 24.9 Å². The van der Waals surface area contributed by atoms with Gasteiger partial charge in [0.25, 0.3) is 0 Å². The molecule has 6 nitrogen and oxygen atoms in total. The molecule has 2 rings (SSSR count). The second-order valence-electron chi connectivity index (χ2n) is 5.95. The Morgan fingerprint density at radius 1 is 1.04 bits per heavy atom. The highest BCUT2D eigenvalue weighted by molar-refractivity contribution is 6.39. The van der Waals surface area contributed by atoms with Crippen LogP contribution in [-0.2, 0) is 14.3 Å². The van der Waals surface area contributed by atoms with E-state index in [1.54, 1.807) is 20.3 Å². The first-order chi connectivity index (χ1) is 12.5. The fourth-order valence-electron chi connectivity index (χ4n) is 2.65. The Labute approximate surface area is 153 Å². The quantitative estimate of drug-likeness (QED) is 0.781. The number of anilines is 1. The van der Waals surface area contributed by atoms with Crippen LogP contribution < -0.4 is 15.4 Å². The van der Waals surface area contributed by atoms with Crippen molar-refractivity contribution in [2.45, 2.75) is 20.0 Å². The van der Waals surface area contributed by atoms with Gasteiger partial charge in [-0.05, 0) is 31.5 Å². The van der Waals surface area contributed by atoms with Gasteiger partial charge in [0.1, 0.15) is 11.9 Å². The fraction of sp³-hybridized carbons (Fsp3) is 0.300. The number of carbonyl (C=O) groups is 2. The number of carbonyl (C=O) groups excluding carboxylic acids is 2. The molecule has 0 bridgehead atoms. The van der Waals surface area contributed by atoms with Crippen molar-refractivity contribution >= 4 is 17.5 Å². The zero-order valence-corrected chi connectivity index (χ0v) is 15.5. The highest BCUT2D eigenvalue weighted by atomic mass is 16.5. The average molecular weight is 356 g/mol. The zero-order valence-electron chi connectivity index (χ0n) is 15.5. The van der Waals surface area contributed by atoms with E-state index in [0.29, 0.717) is 11.4 Å². The molecule has 0 aliphatic rings. The van der Waals surface area contributed by atoms with Crippen LogP contribution in [0, 0.1) is 13.8 Å². The Balaban J connectivity index is 1.98. The molecule has 2 amide bonds. The van der Waals surface area contributed by atoms with E-state index < -0.39 is 17.9 Å². The monoisotopic (exact) mass is 356 g/mol. The summed E-state index contributed by atoms with van der Waals surface area (Å²) in [6.07, 6.45) is -0.427. The molecule has 0 aliphatic heterocycles. The van der Waals surface area contributed by atoms with Gasteiger partial charge in [0.05, 0.1) is 7.11 Å². The maximum absolute atomic E-state index is 12.1. The molecule has 138 valence electrons. The van der Waals surface area contributed by atoms with Gasteiger partial charge in [-0.2, -0.15) is 0 Å². The lowest BCUT2D eigenvalue weighted by Gasteiger charge is -2.19.